The van der Waals surface area contributed by atoms with E-state index in [0.29, 0.717) is 25.2 Å². The maximum absolute atomic E-state index is 9.89. The highest BCUT2D eigenvalue weighted by Crippen LogP contribution is 2.33. The Kier molecular flexibility index (Phi) is 7.50. The lowest BCUT2D eigenvalue weighted by Gasteiger charge is -2.43. The van der Waals surface area contributed by atoms with Gasteiger partial charge in [0, 0.05) is 31.2 Å². The van der Waals surface area contributed by atoms with Gasteiger partial charge in [0.25, 0.3) is 0 Å². The van der Waals surface area contributed by atoms with Crippen molar-refractivity contribution >= 4 is 0 Å². The van der Waals surface area contributed by atoms with E-state index in [1.807, 2.05) is 19.9 Å². The van der Waals surface area contributed by atoms with E-state index in [9.17, 15) is 5.11 Å². The quantitative estimate of drug-likeness (QED) is 0.747. The highest BCUT2D eigenvalue weighted by molar-refractivity contribution is 5.18. The minimum atomic E-state index is -0.145. The van der Waals surface area contributed by atoms with Crippen LogP contribution in [0.5, 0.6) is 0 Å². The summed E-state index contributed by atoms with van der Waals surface area (Å²) in [4.78, 5) is 2.42. The molecule has 2 rings (SSSR count). The van der Waals surface area contributed by atoms with Crippen LogP contribution in [0.25, 0.3) is 0 Å². The van der Waals surface area contributed by atoms with Crippen LogP contribution in [-0.4, -0.2) is 48.7 Å². The van der Waals surface area contributed by atoms with E-state index in [2.05, 4.69) is 36.1 Å². The minimum absolute atomic E-state index is 0.145. The maximum Gasteiger partial charge on any atom is 0.160 e. The molecule has 0 saturated carbocycles. The molecular formula is C19H31NO3. The van der Waals surface area contributed by atoms with E-state index in [-0.39, 0.29) is 18.9 Å². The molecule has 1 aromatic carbocycles. The van der Waals surface area contributed by atoms with Crippen molar-refractivity contribution in [2.45, 2.75) is 52.0 Å². The van der Waals surface area contributed by atoms with Gasteiger partial charge in [0.05, 0.1) is 6.61 Å². The van der Waals surface area contributed by atoms with Gasteiger partial charge in [-0.1, -0.05) is 30.3 Å². The van der Waals surface area contributed by atoms with E-state index < -0.39 is 0 Å². The average Bonchev–Trinajstić information content (AvgIpc) is 2.61. The Morgan fingerprint density at radius 1 is 1.17 bits per heavy atom. The summed E-state index contributed by atoms with van der Waals surface area (Å²) in [6.07, 6.45) is 1.81. The number of aliphatic hydroxyl groups excluding tert-OH is 1. The molecule has 1 aromatic rings. The molecule has 3 atom stereocenters. The zero-order valence-corrected chi connectivity index (χ0v) is 14.6. The van der Waals surface area contributed by atoms with Gasteiger partial charge in [-0.05, 0) is 45.7 Å². The number of rotatable bonds is 8. The largest absolute Gasteiger partial charge is 0.395 e. The topological polar surface area (TPSA) is 41.9 Å². The Morgan fingerprint density at radius 3 is 2.39 bits per heavy atom. The van der Waals surface area contributed by atoms with Crippen LogP contribution in [0.1, 0.15) is 45.2 Å². The van der Waals surface area contributed by atoms with Crippen LogP contribution in [0, 0.1) is 5.92 Å². The minimum Gasteiger partial charge on any atom is -0.395 e. The smallest absolute Gasteiger partial charge is 0.160 e. The molecule has 4 nitrogen and oxygen atoms in total. The molecule has 1 saturated heterocycles. The third-order valence-corrected chi connectivity index (χ3v) is 4.84. The van der Waals surface area contributed by atoms with E-state index in [0.717, 1.165) is 19.4 Å². The van der Waals surface area contributed by atoms with Crippen molar-refractivity contribution in [2.24, 2.45) is 5.92 Å². The first kappa shape index (κ1) is 18.4. The van der Waals surface area contributed by atoms with Crippen LogP contribution in [0.3, 0.4) is 0 Å². The molecule has 1 heterocycles. The van der Waals surface area contributed by atoms with Gasteiger partial charge in [-0.15, -0.1) is 0 Å². The Hall–Kier alpha value is -0.940. The number of hydrogen-bond donors (Lipinski definition) is 1. The van der Waals surface area contributed by atoms with Gasteiger partial charge in [-0.25, -0.2) is 0 Å². The number of ether oxygens (including phenoxy) is 2. The molecule has 0 spiro atoms. The molecule has 0 radical (unpaired) electrons. The molecule has 1 aliphatic heterocycles. The van der Waals surface area contributed by atoms with Crippen molar-refractivity contribution in [1.82, 2.24) is 4.90 Å². The first-order valence-electron chi connectivity index (χ1n) is 8.85. The zero-order valence-electron chi connectivity index (χ0n) is 14.6. The zero-order chi connectivity index (χ0) is 16.7. The van der Waals surface area contributed by atoms with Crippen LogP contribution in [0.15, 0.2) is 30.3 Å². The molecule has 0 aromatic heterocycles. The molecular weight excluding hydrogens is 290 g/mol. The van der Waals surface area contributed by atoms with Crippen LogP contribution < -0.4 is 0 Å². The molecule has 4 heteroatoms. The van der Waals surface area contributed by atoms with Gasteiger partial charge in [-0.2, -0.15) is 0 Å². The van der Waals surface area contributed by atoms with E-state index >= 15 is 0 Å². The van der Waals surface area contributed by atoms with Crippen LogP contribution in [0.4, 0.5) is 0 Å². The number of piperidine rings is 1. The Balaban J connectivity index is 2.03. The van der Waals surface area contributed by atoms with E-state index in [1.165, 1.54) is 5.56 Å². The summed E-state index contributed by atoms with van der Waals surface area (Å²) >= 11 is 0. The fraction of sp³-hybridized carbons (Fsp3) is 0.684. The molecule has 0 bridgehead atoms. The fourth-order valence-electron chi connectivity index (χ4n) is 3.61. The summed E-state index contributed by atoms with van der Waals surface area (Å²) in [6.45, 7) is 8.69. The first-order chi connectivity index (χ1) is 11.2. The predicted octanol–water partition coefficient (Wildman–Crippen LogP) is 3.22. The third-order valence-electron chi connectivity index (χ3n) is 4.84. The molecule has 1 fully saturated rings. The molecule has 0 aliphatic carbocycles. The summed E-state index contributed by atoms with van der Waals surface area (Å²) in [5, 5.41) is 9.89. The summed E-state index contributed by atoms with van der Waals surface area (Å²) in [5.41, 5.74) is 1.30. The summed E-state index contributed by atoms with van der Waals surface area (Å²) < 4.78 is 11.5. The normalized spacial score (nSPS) is 24.0. The second kappa shape index (κ2) is 9.38. The molecule has 3 unspecified atom stereocenters. The molecule has 130 valence electrons. The van der Waals surface area contributed by atoms with Gasteiger partial charge in [0.15, 0.2) is 6.29 Å². The van der Waals surface area contributed by atoms with Gasteiger partial charge in [-0.3, -0.25) is 4.90 Å². The number of likely N-dealkylation sites (tertiary alicyclic amines) is 1. The standard InChI is InChI=1S/C19H31NO3/c1-4-22-19(23-5-2)17-11-12-20(18(13-17)14-21)15(3)16-9-7-6-8-10-16/h6-10,15,17-19,21H,4-5,11-14H2,1-3H3. The van der Waals surface area contributed by atoms with Crippen molar-refractivity contribution in [3.8, 4) is 0 Å². The molecule has 1 aliphatic rings. The summed E-state index contributed by atoms with van der Waals surface area (Å²) in [5.74, 6) is 0.353. The summed E-state index contributed by atoms with van der Waals surface area (Å²) in [6, 6.07) is 11.0. The van der Waals surface area contributed by atoms with Crippen LogP contribution in [0.2, 0.25) is 0 Å². The Labute approximate surface area is 140 Å². The fourth-order valence-corrected chi connectivity index (χ4v) is 3.61. The number of benzene rings is 1. The number of aliphatic hydroxyl groups is 1. The average molecular weight is 321 g/mol. The highest BCUT2D eigenvalue weighted by Gasteiger charge is 2.35. The SMILES string of the molecule is CCOC(OCC)C1CCN(C(C)c2ccccc2)C(CO)C1. The van der Waals surface area contributed by atoms with Gasteiger partial charge >= 0.3 is 0 Å². The van der Waals surface area contributed by atoms with Crippen LogP contribution in [-0.2, 0) is 9.47 Å². The van der Waals surface area contributed by atoms with Crippen molar-refractivity contribution < 1.29 is 14.6 Å². The van der Waals surface area contributed by atoms with Gasteiger partial charge in [0.1, 0.15) is 0 Å². The predicted molar refractivity (Wildman–Crippen MR) is 92.2 cm³/mol. The van der Waals surface area contributed by atoms with E-state index in [1.54, 1.807) is 0 Å². The number of nitrogens with zero attached hydrogens (tertiary/aromatic N) is 1. The monoisotopic (exact) mass is 321 g/mol. The third kappa shape index (κ3) is 4.77. The van der Waals surface area contributed by atoms with Crippen molar-refractivity contribution in [3.05, 3.63) is 35.9 Å². The van der Waals surface area contributed by atoms with Crippen LogP contribution >= 0.6 is 0 Å². The lowest BCUT2D eigenvalue weighted by atomic mass is 9.88. The Bertz CT molecular complexity index is 434. The molecule has 23 heavy (non-hydrogen) atoms. The second-order valence-corrected chi connectivity index (χ2v) is 6.22. The lowest BCUT2D eigenvalue weighted by molar-refractivity contribution is -0.181. The van der Waals surface area contributed by atoms with Crippen molar-refractivity contribution in [3.63, 3.8) is 0 Å². The second-order valence-electron chi connectivity index (χ2n) is 6.22. The van der Waals surface area contributed by atoms with Gasteiger partial charge in [0.2, 0.25) is 0 Å². The maximum atomic E-state index is 9.89. The van der Waals surface area contributed by atoms with Crippen molar-refractivity contribution in [2.75, 3.05) is 26.4 Å². The molecule has 1 N–H and O–H groups in total. The van der Waals surface area contributed by atoms with E-state index in [4.69, 9.17) is 9.47 Å². The first-order valence-corrected chi connectivity index (χ1v) is 8.85. The number of hydrogen-bond acceptors (Lipinski definition) is 4. The highest BCUT2D eigenvalue weighted by atomic mass is 16.7. The Morgan fingerprint density at radius 2 is 1.83 bits per heavy atom. The lowest BCUT2D eigenvalue weighted by Crippen LogP contribution is -2.48. The summed E-state index contributed by atoms with van der Waals surface area (Å²) in [7, 11) is 0. The van der Waals surface area contributed by atoms with Crippen molar-refractivity contribution in [1.29, 1.82) is 0 Å². The van der Waals surface area contributed by atoms with Gasteiger partial charge < -0.3 is 14.6 Å². The molecule has 0 amide bonds.